The summed E-state index contributed by atoms with van der Waals surface area (Å²) in [7, 11) is 6.34. The molecule has 164 valence electrons. The standard InChI is InChI=1S/C20H23N5O6/c1-24(2)15-7-5-13(9-16(15)25(28)29)11-22-23-19(26)12-21-20(27)14-6-8-17(30-3)18(10-14)31-4/h5-11H,12H2,1-4H3,(H,21,27)(H,23,26)/b22-11-. The average molecular weight is 429 g/mol. The molecule has 11 nitrogen and oxygen atoms in total. The molecule has 0 spiro atoms. The lowest BCUT2D eigenvalue weighted by atomic mass is 10.2. The van der Waals surface area contributed by atoms with Crippen LogP contribution in [0.2, 0.25) is 0 Å². The van der Waals surface area contributed by atoms with Gasteiger partial charge in [0.1, 0.15) is 5.69 Å². The lowest BCUT2D eigenvalue weighted by Gasteiger charge is -2.12. The van der Waals surface area contributed by atoms with E-state index in [1.54, 1.807) is 37.2 Å². The van der Waals surface area contributed by atoms with Crippen molar-refractivity contribution in [3.8, 4) is 11.5 Å². The predicted octanol–water partition coefficient (Wildman–Crippen LogP) is 1.56. The number of hydrazone groups is 1. The number of methoxy groups -OCH3 is 2. The van der Waals surface area contributed by atoms with Gasteiger partial charge in [0.15, 0.2) is 11.5 Å². The molecule has 0 bridgehead atoms. The van der Waals surface area contributed by atoms with Gasteiger partial charge in [-0.2, -0.15) is 5.10 Å². The Morgan fingerprint density at radius 1 is 1.13 bits per heavy atom. The fourth-order valence-corrected chi connectivity index (χ4v) is 2.60. The third kappa shape index (κ3) is 6.16. The maximum absolute atomic E-state index is 12.2. The van der Waals surface area contributed by atoms with E-state index < -0.39 is 16.7 Å². The lowest BCUT2D eigenvalue weighted by molar-refractivity contribution is -0.384. The van der Waals surface area contributed by atoms with Gasteiger partial charge in [-0.1, -0.05) is 6.07 Å². The molecule has 2 aromatic rings. The fourth-order valence-electron chi connectivity index (χ4n) is 2.60. The molecular weight excluding hydrogens is 406 g/mol. The maximum atomic E-state index is 12.2. The van der Waals surface area contributed by atoms with E-state index in [0.29, 0.717) is 28.3 Å². The van der Waals surface area contributed by atoms with Crippen LogP contribution in [-0.4, -0.2) is 57.8 Å². The molecule has 31 heavy (non-hydrogen) atoms. The van der Waals surface area contributed by atoms with Crippen molar-refractivity contribution in [1.29, 1.82) is 0 Å². The molecule has 0 saturated heterocycles. The van der Waals surface area contributed by atoms with Gasteiger partial charge in [-0.25, -0.2) is 5.43 Å². The number of amides is 2. The Labute approximate surface area is 178 Å². The molecule has 0 fully saturated rings. The zero-order chi connectivity index (χ0) is 23.0. The highest BCUT2D eigenvalue weighted by atomic mass is 16.6. The summed E-state index contributed by atoms with van der Waals surface area (Å²) in [6.07, 6.45) is 1.28. The molecule has 0 unspecified atom stereocenters. The summed E-state index contributed by atoms with van der Waals surface area (Å²) in [5.41, 5.74) is 3.35. The van der Waals surface area contributed by atoms with E-state index in [2.05, 4.69) is 15.8 Å². The molecule has 11 heteroatoms. The van der Waals surface area contributed by atoms with Gasteiger partial charge < -0.3 is 19.7 Å². The van der Waals surface area contributed by atoms with Crippen molar-refractivity contribution in [3.05, 3.63) is 57.6 Å². The quantitative estimate of drug-likeness (QED) is 0.351. The van der Waals surface area contributed by atoms with Gasteiger partial charge in [0.2, 0.25) is 0 Å². The Balaban J connectivity index is 1.93. The molecule has 0 aliphatic rings. The second kappa shape index (κ2) is 10.6. The molecule has 0 aliphatic heterocycles. The second-order valence-electron chi connectivity index (χ2n) is 6.45. The van der Waals surface area contributed by atoms with Crippen molar-refractivity contribution in [2.75, 3.05) is 39.8 Å². The maximum Gasteiger partial charge on any atom is 0.293 e. The molecule has 0 aromatic heterocycles. The van der Waals surface area contributed by atoms with Crippen LogP contribution >= 0.6 is 0 Å². The molecule has 0 aliphatic carbocycles. The second-order valence-corrected chi connectivity index (χ2v) is 6.45. The topological polar surface area (TPSA) is 135 Å². The average Bonchev–Trinajstić information content (AvgIpc) is 2.76. The number of hydrogen-bond donors (Lipinski definition) is 2. The Hall–Kier alpha value is -4.15. The van der Waals surface area contributed by atoms with Crippen LogP contribution < -0.4 is 25.1 Å². The van der Waals surface area contributed by atoms with Gasteiger partial charge in [0.05, 0.1) is 31.9 Å². The molecule has 0 atom stereocenters. The van der Waals surface area contributed by atoms with Gasteiger partial charge >= 0.3 is 0 Å². The third-order valence-corrected chi connectivity index (χ3v) is 4.14. The van der Waals surface area contributed by atoms with E-state index in [4.69, 9.17) is 9.47 Å². The van der Waals surface area contributed by atoms with Crippen molar-refractivity contribution in [1.82, 2.24) is 10.7 Å². The van der Waals surface area contributed by atoms with Crippen LogP contribution in [0, 0.1) is 10.1 Å². The van der Waals surface area contributed by atoms with E-state index in [1.807, 2.05) is 0 Å². The summed E-state index contributed by atoms with van der Waals surface area (Å²) in [4.78, 5) is 36.5. The van der Waals surface area contributed by atoms with Crippen LogP contribution in [-0.2, 0) is 4.79 Å². The molecule has 0 saturated carbocycles. The number of hydrogen-bond acceptors (Lipinski definition) is 8. The number of carbonyl (C=O) groups excluding carboxylic acids is 2. The van der Waals surface area contributed by atoms with Crippen LogP contribution in [0.25, 0.3) is 0 Å². The van der Waals surface area contributed by atoms with Crippen molar-refractivity contribution in [2.24, 2.45) is 5.10 Å². The van der Waals surface area contributed by atoms with E-state index >= 15 is 0 Å². The number of nitro benzene ring substituents is 1. The first-order valence-electron chi connectivity index (χ1n) is 9.04. The minimum absolute atomic E-state index is 0.0811. The fraction of sp³-hybridized carbons (Fsp3) is 0.250. The summed E-state index contributed by atoms with van der Waals surface area (Å²) in [6, 6.07) is 9.19. The predicted molar refractivity (Wildman–Crippen MR) is 115 cm³/mol. The number of nitrogens with one attached hydrogen (secondary N) is 2. The number of benzene rings is 2. The van der Waals surface area contributed by atoms with Crippen LogP contribution in [0.15, 0.2) is 41.5 Å². The molecule has 0 radical (unpaired) electrons. The zero-order valence-electron chi connectivity index (χ0n) is 17.5. The smallest absolute Gasteiger partial charge is 0.293 e. The van der Waals surface area contributed by atoms with Crippen LogP contribution in [0.1, 0.15) is 15.9 Å². The largest absolute Gasteiger partial charge is 0.493 e. The molecule has 2 aromatic carbocycles. The van der Waals surface area contributed by atoms with Crippen molar-refractivity contribution in [2.45, 2.75) is 0 Å². The number of nitrogens with zero attached hydrogens (tertiary/aromatic N) is 3. The van der Waals surface area contributed by atoms with Crippen LogP contribution in [0.4, 0.5) is 11.4 Å². The zero-order valence-corrected chi connectivity index (χ0v) is 17.5. The van der Waals surface area contributed by atoms with E-state index in [9.17, 15) is 19.7 Å². The first-order valence-corrected chi connectivity index (χ1v) is 9.04. The van der Waals surface area contributed by atoms with Crippen molar-refractivity contribution < 1.29 is 24.0 Å². The van der Waals surface area contributed by atoms with Gasteiger partial charge in [0, 0.05) is 31.3 Å². The first kappa shape index (κ1) is 23.1. The van der Waals surface area contributed by atoms with Gasteiger partial charge in [0.25, 0.3) is 17.5 Å². The number of carbonyl (C=O) groups is 2. The van der Waals surface area contributed by atoms with E-state index in [1.165, 1.54) is 38.6 Å². The van der Waals surface area contributed by atoms with Gasteiger partial charge in [-0.3, -0.25) is 19.7 Å². The molecule has 2 rings (SSSR count). The number of anilines is 1. The number of nitro groups is 1. The normalized spacial score (nSPS) is 10.5. The summed E-state index contributed by atoms with van der Waals surface area (Å²) in [5.74, 6) is -0.178. The first-order chi connectivity index (χ1) is 14.8. The highest BCUT2D eigenvalue weighted by molar-refractivity contribution is 5.97. The van der Waals surface area contributed by atoms with Crippen molar-refractivity contribution in [3.63, 3.8) is 0 Å². The lowest BCUT2D eigenvalue weighted by Crippen LogP contribution is -2.34. The minimum atomic E-state index is -0.565. The Kier molecular flexibility index (Phi) is 7.89. The highest BCUT2D eigenvalue weighted by Crippen LogP contribution is 2.28. The van der Waals surface area contributed by atoms with E-state index in [-0.39, 0.29) is 12.2 Å². The third-order valence-electron chi connectivity index (χ3n) is 4.14. The summed E-state index contributed by atoms with van der Waals surface area (Å²) in [5, 5.41) is 17.4. The summed E-state index contributed by atoms with van der Waals surface area (Å²) < 4.78 is 10.3. The summed E-state index contributed by atoms with van der Waals surface area (Å²) in [6.45, 7) is -0.315. The van der Waals surface area contributed by atoms with Gasteiger partial charge in [-0.05, 0) is 24.3 Å². The minimum Gasteiger partial charge on any atom is -0.493 e. The Bertz CT molecular complexity index is 1010. The van der Waals surface area contributed by atoms with Crippen molar-refractivity contribution >= 4 is 29.4 Å². The van der Waals surface area contributed by atoms with Gasteiger partial charge in [-0.15, -0.1) is 0 Å². The Morgan fingerprint density at radius 3 is 2.45 bits per heavy atom. The molecule has 2 amide bonds. The monoisotopic (exact) mass is 429 g/mol. The SMILES string of the molecule is COc1ccc(C(=O)NCC(=O)N/N=C\c2ccc(N(C)C)c([N+](=O)[O-])c2)cc1OC. The Morgan fingerprint density at radius 2 is 1.84 bits per heavy atom. The van der Waals surface area contributed by atoms with E-state index in [0.717, 1.165) is 0 Å². The number of rotatable bonds is 9. The molecule has 2 N–H and O–H groups in total. The van der Waals surface area contributed by atoms with Crippen LogP contribution in [0.5, 0.6) is 11.5 Å². The van der Waals surface area contributed by atoms with Crippen LogP contribution in [0.3, 0.4) is 0 Å². The molecular formula is C20H23N5O6. The number of ether oxygens (including phenoxy) is 2. The molecule has 0 heterocycles. The highest BCUT2D eigenvalue weighted by Gasteiger charge is 2.15. The summed E-state index contributed by atoms with van der Waals surface area (Å²) >= 11 is 0.